The van der Waals surface area contributed by atoms with E-state index in [1.54, 1.807) is 37.4 Å². The molecular formula is C17H16ClN3O3S. The first-order valence-electron chi connectivity index (χ1n) is 7.49. The summed E-state index contributed by atoms with van der Waals surface area (Å²) in [6.07, 6.45) is 0. The Morgan fingerprint density at radius 2 is 1.96 bits per heavy atom. The summed E-state index contributed by atoms with van der Waals surface area (Å²) in [5, 5.41) is 3.30. The molecule has 0 unspecified atom stereocenters. The SMILES string of the molecule is Cc1ccc(NC(=O)CN(C)C2=NS(=O)(=O)c3ccccc32)cc1Cl. The molecule has 0 saturated carbocycles. The summed E-state index contributed by atoms with van der Waals surface area (Å²) in [5.74, 6) is -0.0420. The van der Waals surface area contributed by atoms with Gasteiger partial charge < -0.3 is 10.2 Å². The summed E-state index contributed by atoms with van der Waals surface area (Å²) in [5.41, 5.74) is 1.99. The molecular weight excluding hydrogens is 362 g/mol. The zero-order valence-corrected chi connectivity index (χ0v) is 15.2. The van der Waals surface area contributed by atoms with Crippen LogP contribution in [0, 0.1) is 6.92 Å². The summed E-state index contributed by atoms with van der Waals surface area (Å²) in [7, 11) is -2.08. The average Bonchev–Trinajstić information content (AvgIpc) is 2.83. The van der Waals surface area contributed by atoms with Gasteiger partial charge in [0.25, 0.3) is 10.0 Å². The van der Waals surface area contributed by atoms with Gasteiger partial charge in [0.05, 0.1) is 6.54 Å². The number of amidine groups is 1. The largest absolute Gasteiger partial charge is 0.349 e. The lowest BCUT2D eigenvalue weighted by atomic mass is 10.2. The second-order valence-corrected chi connectivity index (χ2v) is 7.73. The third kappa shape index (κ3) is 3.52. The quantitative estimate of drug-likeness (QED) is 0.891. The zero-order chi connectivity index (χ0) is 18.2. The van der Waals surface area contributed by atoms with Crippen LogP contribution in [0.5, 0.6) is 0 Å². The van der Waals surface area contributed by atoms with Crippen LogP contribution in [0.25, 0.3) is 0 Å². The van der Waals surface area contributed by atoms with Gasteiger partial charge in [-0.15, -0.1) is 4.40 Å². The molecule has 0 bridgehead atoms. The molecule has 0 spiro atoms. The fourth-order valence-electron chi connectivity index (χ4n) is 2.53. The molecule has 2 aromatic carbocycles. The standard InChI is InChI=1S/C17H16ClN3O3S/c1-11-7-8-12(9-14(11)18)19-16(22)10-21(2)17-13-5-3-4-6-15(13)25(23,24)20-17/h3-9H,10H2,1-2H3,(H,19,22). The average molecular weight is 378 g/mol. The van der Waals surface area contributed by atoms with Crippen molar-refractivity contribution in [2.45, 2.75) is 11.8 Å². The smallest absolute Gasteiger partial charge is 0.285 e. The lowest BCUT2D eigenvalue weighted by Crippen LogP contribution is -2.34. The first-order chi connectivity index (χ1) is 11.8. The maximum atomic E-state index is 12.2. The van der Waals surface area contributed by atoms with E-state index in [2.05, 4.69) is 9.71 Å². The summed E-state index contributed by atoms with van der Waals surface area (Å²) in [6, 6.07) is 11.8. The highest BCUT2D eigenvalue weighted by molar-refractivity contribution is 7.90. The zero-order valence-electron chi connectivity index (χ0n) is 13.7. The predicted octanol–water partition coefficient (Wildman–Crippen LogP) is 2.67. The van der Waals surface area contributed by atoms with Gasteiger partial charge in [-0.05, 0) is 36.8 Å². The number of fused-ring (bicyclic) bond motifs is 1. The van der Waals surface area contributed by atoms with E-state index < -0.39 is 10.0 Å². The minimum Gasteiger partial charge on any atom is -0.349 e. The minimum absolute atomic E-state index is 0.0474. The molecule has 0 aromatic heterocycles. The molecule has 1 aliphatic rings. The van der Waals surface area contributed by atoms with Gasteiger partial charge in [0.2, 0.25) is 5.91 Å². The number of sulfonamides is 1. The number of benzene rings is 2. The van der Waals surface area contributed by atoms with Crippen LogP contribution in [0.2, 0.25) is 5.02 Å². The van der Waals surface area contributed by atoms with Crippen LogP contribution < -0.4 is 5.32 Å². The monoisotopic (exact) mass is 377 g/mol. The Bertz CT molecular complexity index is 986. The van der Waals surface area contributed by atoms with E-state index in [0.717, 1.165) is 5.56 Å². The number of hydrogen-bond acceptors (Lipinski definition) is 4. The van der Waals surface area contributed by atoms with Crippen LogP contribution >= 0.6 is 11.6 Å². The first kappa shape index (κ1) is 17.4. The Kier molecular flexibility index (Phi) is 4.53. The molecule has 2 aromatic rings. The lowest BCUT2D eigenvalue weighted by molar-refractivity contribution is -0.116. The van der Waals surface area contributed by atoms with Crippen LogP contribution in [-0.4, -0.2) is 38.7 Å². The summed E-state index contributed by atoms with van der Waals surface area (Å²) < 4.78 is 28.0. The van der Waals surface area contributed by atoms with Crippen LogP contribution in [-0.2, 0) is 14.8 Å². The number of carbonyl (C=O) groups excluding carboxylic acids is 1. The van der Waals surface area contributed by atoms with E-state index in [4.69, 9.17) is 11.6 Å². The predicted molar refractivity (Wildman–Crippen MR) is 97.6 cm³/mol. The Morgan fingerprint density at radius 1 is 1.24 bits per heavy atom. The highest BCUT2D eigenvalue weighted by atomic mass is 35.5. The maximum absolute atomic E-state index is 12.2. The number of anilines is 1. The summed E-state index contributed by atoms with van der Waals surface area (Å²) in [6.45, 7) is 1.83. The Morgan fingerprint density at radius 3 is 2.68 bits per heavy atom. The highest BCUT2D eigenvalue weighted by Gasteiger charge is 2.30. The van der Waals surface area contributed by atoms with Gasteiger partial charge in [-0.2, -0.15) is 8.42 Å². The molecule has 1 heterocycles. The van der Waals surface area contributed by atoms with Crippen LogP contribution in [0.3, 0.4) is 0 Å². The topological polar surface area (TPSA) is 78.8 Å². The second kappa shape index (κ2) is 6.50. The van der Waals surface area contributed by atoms with E-state index >= 15 is 0 Å². The molecule has 25 heavy (non-hydrogen) atoms. The van der Waals surface area contributed by atoms with Crippen molar-refractivity contribution in [3.8, 4) is 0 Å². The van der Waals surface area contributed by atoms with Crippen molar-refractivity contribution in [1.82, 2.24) is 4.90 Å². The van der Waals surface area contributed by atoms with Crippen molar-refractivity contribution in [2.75, 3.05) is 18.9 Å². The molecule has 0 fully saturated rings. The molecule has 0 radical (unpaired) electrons. The molecule has 3 rings (SSSR count). The highest BCUT2D eigenvalue weighted by Crippen LogP contribution is 2.27. The Hall–Kier alpha value is -2.38. The van der Waals surface area contributed by atoms with Crippen molar-refractivity contribution < 1.29 is 13.2 Å². The van der Waals surface area contributed by atoms with Gasteiger partial charge in [-0.3, -0.25) is 4.79 Å². The van der Waals surface area contributed by atoms with E-state index in [1.807, 2.05) is 13.0 Å². The molecule has 0 atom stereocenters. The Balaban J connectivity index is 1.75. The molecule has 1 aliphatic heterocycles. The van der Waals surface area contributed by atoms with E-state index in [1.165, 1.54) is 11.0 Å². The van der Waals surface area contributed by atoms with Crippen molar-refractivity contribution in [3.63, 3.8) is 0 Å². The van der Waals surface area contributed by atoms with Crippen LogP contribution in [0.4, 0.5) is 5.69 Å². The summed E-state index contributed by atoms with van der Waals surface area (Å²) >= 11 is 6.05. The van der Waals surface area contributed by atoms with Gasteiger partial charge in [0.1, 0.15) is 4.90 Å². The van der Waals surface area contributed by atoms with Crippen molar-refractivity contribution in [2.24, 2.45) is 4.40 Å². The minimum atomic E-state index is -3.71. The number of amides is 1. The van der Waals surface area contributed by atoms with Crippen LogP contribution in [0.1, 0.15) is 11.1 Å². The first-order valence-corrected chi connectivity index (χ1v) is 9.31. The second-order valence-electron chi connectivity index (χ2n) is 5.75. The van der Waals surface area contributed by atoms with Gasteiger partial charge >= 0.3 is 0 Å². The number of halogens is 1. The molecule has 6 nitrogen and oxygen atoms in total. The van der Waals surface area contributed by atoms with Crippen molar-refractivity contribution >= 4 is 39.1 Å². The van der Waals surface area contributed by atoms with E-state index in [9.17, 15) is 13.2 Å². The normalized spacial score (nSPS) is 14.6. The van der Waals surface area contributed by atoms with Gasteiger partial charge in [-0.25, -0.2) is 0 Å². The fraction of sp³-hybridized carbons (Fsp3) is 0.176. The Labute approximate surface area is 151 Å². The molecule has 1 N–H and O–H groups in total. The van der Waals surface area contributed by atoms with Crippen molar-refractivity contribution in [3.05, 3.63) is 58.6 Å². The van der Waals surface area contributed by atoms with Crippen molar-refractivity contribution in [1.29, 1.82) is 0 Å². The molecule has 8 heteroatoms. The fourth-order valence-corrected chi connectivity index (χ4v) is 3.96. The van der Waals surface area contributed by atoms with E-state index in [-0.39, 0.29) is 23.2 Å². The van der Waals surface area contributed by atoms with Gasteiger partial charge in [-0.1, -0.05) is 29.8 Å². The van der Waals surface area contributed by atoms with Gasteiger partial charge in [0.15, 0.2) is 5.84 Å². The number of aryl methyl sites for hydroxylation is 1. The number of nitrogens with zero attached hydrogens (tertiary/aromatic N) is 2. The van der Waals surface area contributed by atoms with E-state index in [0.29, 0.717) is 16.3 Å². The number of likely N-dealkylation sites (N-methyl/N-ethyl adjacent to an activating group) is 1. The number of nitrogens with one attached hydrogen (secondary N) is 1. The molecule has 130 valence electrons. The van der Waals surface area contributed by atoms with Gasteiger partial charge in [0, 0.05) is 23.3 Å². The summed E-state index contributed by atoms with van der Waals surface area (Å²) in [4.78, 5) is 13.9. The molecule has 0 aliphatic carbocycles. The molecule has 1 amide bonds. The third-order valence-corrected chi connectivity index (χ3v) is 5.54. The maximum Gasteiger partial charge on any atom is 0.285 e. The number of rotatable bonds is 3. The number of hydrogen-bond donors (Lipinski definition) is 1. The third-order valence-electron chi connectivity index (χ3n) is 3.81. The molecule has 0 saturated heterocycles. The van der Waals surface area contributed by atoms with Crippen LogP contribution in [0.15, 0.2) is 51.8 Å². The lowest BCUT2D eigenvalue weighted by Gasteiger charge is -2.18. The number of carbonyl (C=O) groups is 1.